The zero-order chi connectivity index (χ0) is 26.4. The Labute approximate surface area is 218 Å². The Balaban J connectivity index is 1.32. The molecule has 2 N–H and O–H groups in total. The molecule has 194 valence electrons. The number of carboxylic acid groups (broad SMARTS) is 1. The first kappa shape index (κ1) is 26.3. The molecule has 2 heterocycles. The number of ketones is 1. The quantitative estimate of drug-likeness (QED) is 0.364. The maximum Gasteiger partial charge on any atom is 0.303 e. The number of aromatic nitrogens is 2. The monoisotopic (exact) mass is 501 g/mol. The predicted octanol–water partition coefficient (Wildman–Crippen LogP) is 5.29. The number of hydrogen-bond acceptors (Lipinski definition) is 6. The smallest absolute Gasteiger partial charge is 0.303 e. The number of nitrogens with zero attached hydrogens (tertiary/aromatic N) is 3. The molecule has 0 saturated carbocycles. The zero-order valence-electron chi connectivity index (χ0n) is 21.6. The number of Topliss-reactive ketones (excluding diaryl/α,β-unsaturated/α-hetero) is 1. The van der Waals surface area contributed by atoms with Crippen molar-refractivity contribution >= 4 is 17.4 Å². The standard InChI is InChI=1S/C30H35N3O4/c1-20-6-8-22(9-7-20)18-23-10-12-25(13-11-23)33-16-14-24(15-17-33)19-27-31-21(2)30(37)29(32-27)26(34)4-3-5-28(35)36/h6-13,24,37H,3-5,14-19H2,1-2H3,(H,35,36). The molecular formula is C30H35N3O4. The Morgan fingerprint density at radius 1 is 0.919 bits per heavy atom. The van der Waals surface area contributed by atoms with E-state index in [2.05, 4.69) is 70.3 Å². The largest absolute Gasteiger partial charge is 0.504 e. The van der Waals surface area contributed by atoms with Crippen LogP contribution in [0.1, 0.15) is 70.8 Å². The van der Waals surface area contributed by atoms with Crippen LogP contribution in [-0.4, -0.2) is 45.0 Å². The lowest BCUT2D eigenvalue weighted by Crippen LogP contribution is -2.34. The van der Waals surface area contributed by atoms with Gasteiger partial charge in [0.2, 0.25) is 0 Å². The van der Waals surface area contributed by atoms with Crippen molar-refractivity contribution in [1.29, 1.82) is 0 Å². The Bertz CT molecular complexity index is 1230. The second-order valence-electron chi connectivity index (χ2n) is 10.1. The number of rotatable bonds is 10. The SMILES string of the molecule is Cc1ccc(Cc2ccc(N3CCC(Cc4nc(C)c(O)c(C(=O)CCCC(=O)O)n4)CC3)cc2)cc1. The van der Waals surface area contributed by atoms with Gasteiger partial charge in [0.25, 0.3) is 0 Å². The summed E-state index contributed by atoms with van der Waals surface area (Å²) in [5.41, 5.74) is 5.52. The van der Waals surface area contributed by atoms with Crippen LogP contribution in [-0.2, 0) is 17.6 Å². The van der Waals surface area contributed by atoms with E-state index >= 15 is 0 Å². The number of aliphatic carboxylic acids is 1. The van der Waals surface area contributed by atoms with E-state index in [4.69, 9.17) is 5.11 Å². The Morgan fingerprint density at radius 2 is 1.54 bits per heavy atom. The Kier molecular flexibility index (Phi) is 8.54. The molecular weight excluding hydrogens is 466 g/mol. The van der Waals surface area contributed by atoms with Gasteiger partial charge in [0.15, 0.2) is 17.2 Å². The van der Waals surface area contributed by atoms with Gasteiger partial charge in [-0.25, -0.2) is 9.97 Å². The van der Waals surface area contributed by atoms with E-state index in [-0.39, 0.29) is 36.5 Å². The molecule has 1 aromatic heterocycles. The lowest BCUT2D eigenvalue weighted by Gasteiger charge is -2.33. The van der Waals surface area contributed by atoms with Crippen molar-refractivity contribution in [1.82, 2.24) is 9.97 Å². The van der Waals surface area contributed by atoms with Crippen molar-refractivity contribution in [2.75, 3.05) is 18.0 Å². The van der Waals surface area contributed by atoms with E-state index in [1.165, 1.54) is 22.4 Å². The summed E-state index contributed by atoms with van der Waals surface area (Å²) >= 11 is 0. The van der Waals surface area contributed by atoms with Crippen molar-refractivity contribution in [3.05, 3.63) is 82.4 Å². The third-order valence-corrected chi connectivity index (χ3v) is 7.08. The summed E-state index contributed by atoms with van der Waals surface area (Å²) in [4.78, 5) is 34.5. The lowest BCUT2D eigenvalue weighted by atomic mass is 9.92. The first-order valence-electron chi connectivity index (χ1n) is 13.0. The molecule has 1 aliphatic rings. The van der Waals surface area contributed by atoms with Crippen LogP contribution < -0.4 is 4.90 Å². The Hall–Kier alpha value is -3.74. The highest BCUT2D eigenvalue weighted by atomic mass is 16.4. The first-order chi connectivity index (χ1) is 17.8. The summed E-state index contributed by atoms with van der Waals surface area (Å²) in [6, 6.07) is 17.5. The Morgan fingerprint density at radius 3 is 2.16 bits per heavy atom. The summed E-state index contributed by atoms with van der Waals surface area (Å²) in [6.45, 7) is 5.66. The number of aromatic hydroxyl groups is 1. The number of anilines is 1. The summed E-state index contributed by atoms with van der Waals surface area (Å²) in [5, 5.41) is 19.1. The number of benzene rings is 2. The van der Waals surface area contributed by atoms with Crippen LogP contribution in [0.5, 0.6) is 5.75 Å². The fourth-order valence-corrected chi connectivity index (χ4v) is 4.85. The summed E-state index contributed by atoms with van der Waals surface area (Å²) in [5.74, 6) is -0.524. The molecule has 0 atom stereocenters. The first-order valence-corrected chi connectivity index (χ1v) is 13.0. The van der Waals surface area contributed by atoms with Gasteiger partial charge in [0.1, 0.15) is 5.82 Å². The van der Waals surface area contributed by atoms with Crippen LogP contribution in [0.4, 0.5) is 5.69 Å². The second kappa shape index (κ2) is 12.0. The average Bonchev–Trinajstić information content (AvgIpc) is 2.88. The highest BCUT2D eigenvalue weighted by Gasteiger charge is 2.23. The number of hydrogen-bond donors (Lipinski definition) is 2. The fraction of sp³-hybridized carbons (Fsp3) is 0.400. The molecule has 0 spiro atoms. The summed E-state index contributed by atoms with van der Waals surface area (Å²) in [7, 11) is 0. The predicted molar refractivity (Wildman–Crippen MR) is 143 cm³/mol. The molecule has 0 unspecified atom stereocenters. The highest BCUT2D eigenvalue weighted by molar-refractivity contribution is 5.97. The molecule has 0 aliphatic carbocycles. The highest BCUT2D eigenvalue weighted by Crippen LogP contribution is 2.27. The molecule has 3 aromatic rings. The van der Waals surface area contributed by atoms with Crippen LogP contribution in [0.3, 0.4) is 0 Å². The van der Waals surface area contributed by atoms with Crippen molar-refractivity contribution in [2.45, 2.75) is 58.8 Å². The third-order valence-electron chi connectivity index (χ3n) is 7.08. The number of carbonyl (C=O) groups excluding carboxylic acids is 1. The van der Waals surface area contributed by atoms with Crippen LogP contribution in [0.25, 0.3) is 0 Å². The van der Waals surface area contributed by atoms with Crippen LogP contribution >= 0.6 is 0 Å². The molecule has 1 fully saturated rings. The molecule has 4 rings (SSSR count). The topological polar surface area (TPSA) is 104 Å². The molecule has 37 heavy (non-hydrogen) atoms. The van der Waals surface area contributed by atoms with E-state index in [0.717, 1.165) is 32.4 Å². The van der Waals surface area contributed by atoms with Gasteiger partial charge < -0.3 is 15.1 Å². The minimum Gasteiger partial charge on any atom is -0.504 e. The molecule has 1 aliphatic heterocycles. The van der Waals surface area contributed by atoms with E-state index < -0.39 is 5.97 Å². The summed E-state index contributed by atoms with van der Waals surface area (Å²) in [6.07, 6.45) is 3.75. The van der Waals surface area contributed by atoms with E-state index in [1.807, 2.05) is 0 Å². The van der Waals surface area contributed by atoms with Gasteiger partial charge in [-0.15, -0.1) is 0 Å². The fourth-order valence-electron chi connectivity index (χ4n) is 4.85. The second-order valence-corrected chi connectivity index (χ2v) is 10.1. The van der Waals surface area contributed by atoms with Crippen molar-refractivity contribution < 1.29 is 19.8 Å². The van der Waals surface area contributed by atoms with Gasteiger partial charge in [0.05, 0.1) is 5.69 Å². The van der Waals surface area contributed by atoms with Gasteiger partial charge in [-0.3, -0.25) is 9.59 Å². The third kappa shape index (κ3) is 7.15. The van der Waals surface area contributed by atoms with Gasteiger partial charge in [-0.1, -0.05) is 42.0 Å². The number of piperidine rings is 1. The van der Waals surface area contributed by atoms with Crippen molar-refractivity contribution in [3.63, 3.8) is 0 Å². The normalized spacial score (nSPS) is 14.1. The van der Waals surface area contributed by atoms with Crippen molar-refractivity contribution in [2.24, 2.45) is 5.92 Å². The maximum atomic E-state index is 12.5. The average molecular weight is 502 g/mol. The van der Waals surface area contributed by atoms with E-state index in [1.54, 1.807) is 6.92 Å². The maximum absolute atomic E-state index is 12.5. The molecule has 7 heteroatoms. The molecule has 0 amide bonds. The minimum absolute atomic E-state index is 0.0102. The zero-order valence-corrected chi connectivity index (χ0v) is 21.6. The minimum atomic E-state index is -0.943. The number of carbonyl (C=O) groups is 2. The van der Waals surface area contributed by atoms with Gasteiger partial charge in [-0.2, -0.15) is 0 Å². The molecule has 1 saturated heterocycles. The van der Waals surface area contributed by atoms with Crippen LogP contribution in [0, 0.1) is 19.8 Å². The molecule has 7 nitrogen and oxygen atoms in total. The van der Waals surface area contributed by atoms with Gasteiger partial charge in [0, 0.05) is 38.0 Å². The van der Waals surface area contributed by atoms with Crippen LogP contribution in [0.2, 0.25) is 0 Å². The molecule has 0 radical (unpaired) electrons. The number of aryl methyl sites for hydroxylation is 2. The van der Waals surface area contributed by atoms with E-state index in [0.29, 0.717) is 23.9 Å². The number of carboxylic acids is 1. The molecule has 2 aromatic carbocycles. The van der Waals surface area contributed by atoms with E-state index in [9.17, 15) is 14.7 Å². The lowest BCUT2D eigenvalue weighted by molar-refractivity contribution is -0.137. The van der Waals surface area contributed by atoms with Crippen molar-refractivity contribution in [3.8, 4) is 5.75 Å². The van der Waals surface area contributed by atoms with Crippen LogP contribution in [0.15, 0.2) is 48.5 Å². The molecule has 0 bridgehead atoms. The van der Waals surface area contributed by atoms with Gasteiger partial charge in [-0.05, 0) is 68.7 Å². The summed E-state index contributed by atoms with van der Waals surface area (Å²) < 4.78 is 0. The van der Waals surface area contributed by atoms with Gasteiger partial charge >= 0.3 is 5.97 Å².